The van der Waals surface area contributed by atoms with Crippen molar-refractivity contribution >= 4 is 0 Å². The molecule has 1 N–H and O–H groups in total. The fourth-order valence-electron chi connectivity index (χ4n) is 2.65. The number of nitrogens with zero attached hydrogens (tertiary/aromatic N) is 1. The summed E-state index contributed by atoms with van der Waals surface area (Å²) in [6.07, 6.45) is -4.79. The third-order valence-corrected chi connectivity index (χ3v) is 3.93. The molecule has 0 amide bonds. The molecule has 1 fully saturated rings. The van der Waals surface area contributed by atoms with Crippen molar-refractivity contribution in [1.29, 1.82) is 0 Å². The molecule has 1 heterocycles. The Hall–Kier alpha value is -0.290. The Morgan fingerprint density at radius 1 is 1.21 bits per heavy atom. The molecule has 1 rings (SSSR count). The molecular weight excluding hydrogens is 253 g/mol. The Balaban J connectivity index is 2.71. The second-order valence-corrected chi connectivity index (χ2v) is 7.00. The first-order valence-corrected chi connectivity index (χ1v) is 7.05. The number of hydrogen-bond donors (Lipinski definition) is 1. The summed E-state index contributed by atoms with van der Waals surface area (Å²) < 4.78 is 37.3. The summed E-state index contributed by atoms with van der Waals surface area (Å²) in [5.74, 6) is 0.439. The van der Waals surface area contributed by atoms with Crippen molar-refractivity contribution in [3.05, 3.63) is 0 Å². The van der Waals surface area contributed by atoms with E-state index in [1.165, 1.54) is 0 Å². The summed E-state index contributed by atoms with van der Waals surface area (Å²) in [6, 6.07) is 0.441. The van der Waals surface area contributed by atoms with Crippen LogP contribution in [-0.2, 0) is 0 Å². The van der Waals surface area contributed by atoms with Crippen molar-refractivity contribution in [2.45, 2.75) is 59.3 Å². The van der Waals surface area contributed by atoms with Gasteiger partial charge in [-0.05, 0) is 11.3 Å². The highest BCUT2D eigenvalue weighted by Gasteiger charge is 2.38. The normalized spacial score (nSPS) is 27.0. The number of nitrogens with one attached hydrogen (secondary N) is 1. The third kappa shape index (κ3) is 5.30. The highest BCUT2D eigenvalue weighted by Crippen LogP contribution is 2.29. The van der Waals surface area contributed by atoms with Gasteiger partial charge in [0.2, 0.25) is 0 Å². The Bertz CT molecular complexity index is 281. The van der Waals surface area contributed by atoms with Crippen LogP contribution in [0.2, 0.25) is 0 Å². The van der Waals surface area contributed by atoms with E-state index in [0.29, 0.717) is 12.5 Å². The quantitative estimate of drug-likeness (QED) is 0.853. The van der Waals surface area contributed by atoms with Crippen molar-refractivity contribution in [2.75, 3.05) is 19.6 Å². The SMILES string of the molecule is CC(C)C1CN(CCC(F)(F)F)C(C(C)(C)C)CN1. The smallest absolute Gasteiger partial charge is 0.311 e. The molecule has 19 heavy (non-hydrogen) atoms. The van der Waals surface area contributed by atoms with Crippen LogP contribution < -0.4 is 5.32 Å². The number of alkyl halides is 3. The zero-order valence-electron chi connectivity index (χ0n) is 12.6. The van der Waals surface area contributed by atoms with Gasteiger partial charge in [-0.15, -0.1) is 0 Å². The van der Waals surface area contributed by atoms with Crippen molar-refractivity contribution in [3.63, 3.8) is 0 Å². The van der Waals surface area contributed by atoms with Crippen LogP contribution in [0.5, 0.6) is 0 Å². The number of rotatable bonds is 3. The summed E-state index contributed by atoms with van der Waals surface area (Å²) in [7, 11) is 0. The molecule has 5 heteroatoms. The van der Waals surface area contributed by atoms with E-state index in [4.69, 9.17) is 0 Å². The van der Waals surface area contributed by atoms with Crippen LogP contribution in [0.25, 0.3) is 0 Å². The van der Waals surface area contributed by atoms with E-state index in [2.05, 4.69) is 39.9 Å². The van der Waals surface area contributed by atoms with Crippen molar-refractivity contribution in [1.82, 2.24) is 10.2 Å². The topological polar surface area (TPSA) is 15.3 Å². The highest BCUT2D eigenvalue weighted by molar-refractivity contribution is 4.93. The minimum Gasteiger partial charge on any atom is -0.311 e. The van der Waals surface area contributed by atoms with Gasteiger partial charge >= 0.3 is 6.18 Å². The van der Waals surface area contributed by atoms with Crippen molar-refractivity contribution < 1.29 is 13.2 Å². The van der Waals surface area contributed by atoms with Gasteiger partial charge in [0.15, 0.2) is 0 Å². The van der Waals surface area contributed by atoms with Crippen LogP contribution >= 0.6 is 0 Å². The van der Waals surface area contributed by atoms with Gasteiger partial charge in [-0.25, -0.2) is 0 Å². The van der Waals surface area contributed by atoms with Gasteiger partial charge in [-0.3, -0.25) is 4.90 Å². The van der Waals surface area contributed by atoms with Gasteiger partial charge in [0, 0.05) is 31.7 Å². The van der Waals surface area contributed by atoms with Gasteiger partial charge < -0.3 is 5.32 Å². The van der Waals surface area contributed by atoms with Gasteiger partial charge in [0.1, 0.15) is 0 Å². The molecule has 114 valence electrons. The van der Waals surface area contributed by atoms with Crippen LogP contribution in [0, 0.1) is 11.3 Å². The lowest BCUT2D eigenvalue weighted by Crippen LogP contribution is -2.62. The molecule has 0 aromatic carbocycles. The predicted octanol–water partition coefficient (Wildman–Crippen LogP) is 3.28. The van der Waals surface area contributed by atoms with Crippen LogP contribution in [0.15, 0.2) is 0 Å². The first kappa shape index (κ1) is 16.8. The molecule has 0 spiro atoms. The lowest BCUT2D eigenvalue weighted by Gasteiger charge is -2.47. The molecule has 1 aliphatic heterocycles. The van der Waals surface area contributed by atoms with E-state index in [0.717, 1.165) is 6.54 Å². The molecule has 1 saturated heterocycles. The maximum Gasteiger partial charge on any atom is 0.390 e. The maximum absolute atomic E-state index is 12.4. The Morgan fingerprint density at radius 3 is 2.21 bits per heavy atom. The Morgan fingerprint density at radius 2 is 1.79 bits per heavy atom. The van der Waals surface area contributed by atoms with E-state index in [1.807, 2.05) is 4.90 Å². The second kappa shape index (κ2) is 6.00. The van der Waals surface area contributed by atoms with Crippen molar-refractivity contribution in [2.24, 2.45) is 11.3 Å². The average Bonchev–Trinajstić information content (AvgIpc) is 2.23. The highest BCUT2D eigenvalue weighted by atomic mass is 19.4. The molecule has 0 aliphatic carbocycles. The molecule has 2 unspecified atom stereocenters. The fourth-order valence-corrected chi connectivity index (χ4v) is 2.65. The molecular formula is C14H27F3N2. The van der Waals surface area contributed by atoms with E-state index in [1.54, 1.807) is 0 Å². The first-order valence-electron chi connectivity index (χ1n) is 7.05. The number of piperazine rings is 1. The van der Waals surface area contributed by atoms with E-state index >= 15 is 0 Å². The predicted molar refractivity (Wildman–Crippen MR) is 72.1 cm³/mol. The molecule has 2 atom stereocenters. The van der Waals surface area contributed by atoms with Crippen LogP contribution in [0.1, 0.15) is 41.0 Å². The average molecular weight is 280 g/mol. The third-order valence-electron chi connectivity index (χ3n) is 3.93. The van der Waals surface area contributed by atoms with Crippen LogP contribution in [-0.4, -0.2) is 42.8 Å². The van der Waals surface area contributed by atoms with Crippen molar-refractivity contribution in [3.8, 4) is 0 Å². The van der Waals surface area contributed by atoms with Gasteiger partial charge in [-0.2, -0.15) is 13.2 Å². The molecule has 0 saturated carbocycles. The number of hydrogen-bond acceptors (Lipinski definition) is 2. The first-order chi connectivity index (χ1) is 8.50. The van der Waals surface area contributed by atoms with E-state index in [9.17, 15) is 13.2 Å². The molecule has 0 aromatic rings. The fraction of sp³-hybridized carbons (Fsp3) is 1.00. The summed E-state index contributed by atoms with van der Waals surface area (Å²) in [5, 5.41) is 3.48. The van der Waals surface area contributed by atoms with Crippen LogP contribution in [0.4, 0.5) is 13.2 Å². The van der Waals surface area contributed by atoms with Crippen LogP contribution in [0.3, 0.4) is 0 Å². The van der Waals surface area contributed by atoms with E-state index < -0.39 is 12.6 Å². The molecule has 1 aliphatic rings. The van der Waals surface area contributed by atoms with E-state index in [-0.39, 0.29) is 24.0 Å². The van der Waals surface area contributed by atoms with Gasteiger partial charge in [0.05, 0.1) is 6.42 Å². The summed E-state index contributed by atoms with van der Waals surface area (Å²) in [4.78, 5) is 2.02. The Kier molecular flexibility index (Phi) is 5.29. The minimum atomic E-state index is -4.07. The molecule has 0 aromatic heterocycles. The Labute approximate surface area is 114 Å². The molecule has 0 bridgehead atoms. The van der Waals surface area contributed by atoms with Gasteiger partial charge in [0.25, 0.3) is 0 Å². The zero-order chi connectivity index (χ0) is 14.8. The number of halogens is 3. The molecule has 0 radical (unpaired) electrons. The largest absolute Gasteiger partial charge is 0.390 e. The summed E-state index contributed by atoms with van der Waals surface area (Å²) >= 11 is 0. The molecule has 2 nitrogen and oxygen atoms in total. The van der Waals surface area contributed by atoms with Gasteiger partial charge in [-0.1, -0.05) is 34.6 Å². The summed E-state index contributed by atoms with van der Waals surface area (Å²) in [6.45, 7) is 12.1. The minimum absolute atomic E-state index is 0.0133. The zero-order valence-corrected chi connectivity index (χ0v) is 12.6. The lowest BCUT2D eigenvalue weighted by molar-refractivity contribution is -0.141. The standard InChI is InChI=1S/C14H27F3N2/c1-10(2)11-9-19(7-6-14(15,16)17)12(8-18-11)13(3,4)5/h10-12,18H,6-9H2,1-5H3. The lowest BCUT2D eigenvalue weighted by atomic mass is 9.83. The second-order valence-electron chi connectivity index (χ2n) is 7.00. The monoisotopic (exact) mass is 280 g/mol. The maximum atomic E-state index is 12.4. The summed E-state index contributed by atoms with van der Waals surface area (Å²) in [5.41, 5.74) is -0.0133.